The zero-order chi connectivity index (χ0) is 17.4. The van der Waals surface area contributed by atoms with Crippen molar-refractivity contribution in [2.24, 2.45) is 0 Å². The molecule has 128 valence electrons. The molecule has 1 aliphatic heterocycles. The third kappa shape index (κ3) is 2.40. The minimum absolute atomic E-state index is 0.0925. The van der Waals surface area contributed by atoms with Crippen LogP contribution in [0.25, 0.3) is 0 Å². The van der Waals surface area contributed by atoms with E-state index in [1.807, 2.05) is 25.1 Å². The number of methoxy groups -OCH3 is 3. The molecule has 1 N–H and O–H groups in total. The monoisotopic (exact) mass is 330 g/mol. The van der Waals surface area contributed by atoms with Crippen LogP contribution < -0.4 is 18.9 Å². The summed E-state index contributed by atoms with van der Waals surface area (Å²) in [5.74, 6) is 2.77. The highest BCUT2D eigenvalue weighted by atomic mass is 16.5. The molecule has 0 aromatic heterocycles. The van der Waals surface area contributed by atoms with Crippen molar-refractivity contribution in [2.45, 2.75) is 25.9 Å². The van der Waals surface area contributed by atoms with E-state index in [0.29, 0.717) is 17.2 Å². The zero-order valence-electron chi connectivity index (χ0n) is 14.5. The molecule has 5 nitrogen and oxygen atoms in total. The standard InChI is InChI=1S/C19H22O5/c1-10-17-11(2)19(24-15(17)9-16(23-5)18(10)20)12-6-7-13(21-3)14(8-12)22-4/h6-9,11,19-20H,1-5H3. The Morgan fingerprint density at radius 1 is 0.958 bits per heavy atom. The number of rotatable bonds is 4. The molecule has 0 saturated heterocycles. The molecule has 1 heterocycles. The number of ether oxygens (including phenoxy) is 4. The molecule has 0 aliphatic carbocycles. The normalized spacial score (nSPS) is 18.7. The van der Waals surface area contributed by atoms with E-state index in [-0.39, 0.29) is 17.8 Å². The summed E-state index contributed by atoms with van der Waals surface area (Å²) in [5, 5.41) is 10.3. The molecule has 0 saturated carbocycles. The van der Waals surface area contributed by atoms with Crippen LogP contribution in [0, 0.1) is 6.92 Å². The van der Waals surface area contributed by atoms with Gasteiger partial charge in [-0.1, -0.05) is 13.0 Å². The predicted octanol–water partition coefficient (Wildman–Crippen LogP) is 3.96. The lowest BCUT2D eigenvalue weighted by atomic mass is 9.89. The molecule has 2 aromatic rings. The van der Waals surface area contributed by atoms with Crippen molar-refractivity contribution in [3.8, 4) is 28.7 Å². The molecule has 3 rings (SSSR count). The van der Waals surface area contributed by atoms with E-state index >= 15 is 0 Å². The van der Waals surface area contributed by atoms with Crippen molar-refractivity contribution in [1.29, 1.82) is 0 Å². The summed E-state index contributed by atoms with van der Waals surface area (Å²) in [6.07, 6.45) is -0.162. The maximum absolute atomic E-state index is 10.3. The van der Waals surface area contributed by atoms with Crippen LogP contribution in [0.2, 0.25) is 0 Å². The van der Waals surface area contributed by atoms with Gasteiger partial charge in [0.1, 0.15) is 11.9 Å². The van der Waals surface area contributed by atoms with Crippen molar-refractivity contribution in [3.05, 3.63) is 41.0 Å². The lowest BCUT2D eigenvalue weighted by Crippen LogP contribution is -2.08. The molecule has 0 bridgehead atoms. The molecule has 2 atom stereocenters. The van der Waals surface area contributed by atoms with Gasteiger partial charge >= 0.3 is 0 Å². The number of phenolic OH excluding ortho intramolecular Hbond substituents is 1. The summed E-state index contributed by atoms with van der Waals surface area (Å²) in [5.41, 5.74) is 2.79. The first kappa shape index (κ1) is 16.3. The first-order chi connectivity index (χ1) is 11.5. The number of hydrogen-bond acceptors (Lipinski definition) is 5. The smallest absolute Gasteiger partial charge is 0.164 e. The van der Waals surface area contributed by atoms with Gasteiger partial charge in [-0.05, 0) is 24.6 Å². The minimum Gasteiger partial charge on any atom is -0.504 e. The third-order valence-electron chi connectivity index (χ3n) is 4.64. The number of phenols is 1. The van der Waals surface area contributed by atoms with E-state index in [9.17, 15) is 5.11 Å². The molecule has 0 fully saturated rings. The maximum Gasteiger partial charge on any atom is 0.164 e. The predicted molar refractivity (Wildman–Crippen MR) is 90.7 cm³/mol. The Bertz CT molecular complexity index is 769. The van der Waals surface area contributed by atoms with Gasteiger partial charge < -0.3 is 24.1 Å². The second-order valence-corrected chi connectivity index (χ2v) is 5.91. The van der Waals surface area contributed by atoms with Gasteiger partial charge in [-0.3, -0.25) is 0 Å². The lowest BCUT2D eigenvalue weighted by Gasteiger charge is -2.18. The van der Waals surface area contributed by atoms with Crippen LogP contribution in [-0.4, -0.2) is 26.4 Å². The number of fused-ring (bicyclic) bond motifs is 1. The van der Waals surface area contributed by atoms with E-state index < -0.39 is 0 Å². The highest BCUT2D eigenvalue weighted by Gasteiger charge is 2.36. The zero-order valence-corrected chi connectivity index (χ0v) is 14.5. The molecule has 0 spiro atoms. The van der Waals surface area contributed by atoms with Crippen molar-refractivity contribution < 1.29 is 24.1 Å². The topological polar surface area (TPSA) is 57.2 Å². The fourth-order valence-electron chi connectivity index (χ4n) is 3.36. The van der Waals surface area contributed by atoms with Crippen LogP contribution in [0.1, 0.15) is 35.6 Å². The summed E-state index contributed by atoms with van der Waals surface area (Å²) in [4.78, 5) is 0. The lowest BCUT2D eigenvalue weighted by molar-refractivity contribution is 0.214. The molecular formula is C19H22O5. The third-order valence-corrected chi connectivity index (χ3v) is 4.64. The quantitative estimate of drug-likeness (QED) is 0.919. The van der Waals surface area contributed by atoms with Crippen LogP contribution in [0.5, 0.6) is 28.7 Å². The SMILES string of the molecule is COc1ccc(C2Oc3cc(OC)c(O)c(C)c3C2C)cc1OC. The molecule has 2 aromatic carbocycles. The summed E-state index contributed by atoms with van der Waals surface area (Å²) in [6.45, 7) is 3.97. The van der Waals surface area contributed by atoms with E-state index in [1.54, 1.807) is 20.3 Å². The Morgan fingerprint density at radius 2 is 1.62 bits per heavy atom. The fourth-order valence-corrected chi connectivity index (χ4v) is 3.36. The van der Waals surface area contributed by atoms with Gasteiger partial charge in [0.15, 0.2) is 23.0 Å². The van der Waals surface area contributed by atoms with Gasteiger partial charge in [0.05, 0.1) is 21.3 Å². The largest absolute Gasteiger partial charge is 0.504 e. The average molecular weight is 330 g/mol. The maximum atomic E-state index is 10.3. The number of benzene rings is 2. The first-order valence-electron chi connectivity index (χ1n) is 7.80. The van der Waals surface area contributed by atoms with E-state index in [0.717, 1.165) is 22.4 Å². The molecule has 0 radical (unpaired) electrons. The fraction of sp³-hybridized carbons (Fsp3) is 0.368. The summed E-state index contributed by atoms with van der Waals surface area (Å²) < 4.78 is 22.1. The second kappa shape index (κ2) is 6.15. The van der Waals surface area contributed by atoms with E-state index in [4.69, 9.17) is 18.9 Å². The molecule has 0 amide bonds. The second-order valence-electron chi connectivity index (χ2n) is 5.91. The van der Waals surface area contributed by atoms with Gasteiger partial charge in [-0.25, -0.2) is 0 Å². The Morgan fingerprint density at radius 3 is 2.25 bits per heavy atom. The van der Waals surface area contributed by atoms with E-state index in [1.165, 1.54) is 7.11 Å². The summed E-state index contributed by atoms with van der Waals surface area (Å²) in [6, 6.07) is 7.52. The van der Waals surface area contributed by atoms with Crippen molar-refractivity contribution in [3.63, 3.8) is 0 Å². The highest BCUT2D eigenvalue weighted by Crippen LogP contribution is 2.52. The van der Waals surface area contributed by atoms with Gasteiger partial charge in [0, 0.05) is 23.1 Å². The Kier molecular flexibility index (Phi) is 4.18. The van der Waals surface area contributed by atoms with Gasteiger partial charge in [0.25, 0.3) is 0 Å². The summed E-state index contributed by atoms with van der Waals surface area (Å²) in [7, 11) is 4.76. The summed E-state index contributed by atoms with van der Waals surface area (Å²) >= 11 is 0. The van der Waals surface area contributed by atoms with Gasteiger partial charge in [0.2, 0.25) is 0 Å². The van der Waals surface area contributed by atoms with Crippen LogP contribution in [0.4, 0.5) is 0 Å². The number of aromatic hydroxyl groups is 1. The van der Waals surface area contributed by atoms with Crippen molar-refractivity contribution in [2.75, 3.05) is 21.3 Å². The van der Waals surface area contributed by atoms with Crippen LogP contribution in [-0.2, 0) is 0 Å². The molecule has 2 unspecified atom stereocenters. The first-order valence-corrected chi connectivity index (χ1v) is 7.80. The van der Waals surface area contributed by atoms with Crippen LogP contribution >= 0.6 is 0 Å². The Labute approximate surface area is 141 Å². The minimum atomic E-state index is -0.162. The van der Waals surface area contributed by atoms with Crippen molar-refractivity contribution >= 4 is 0 Å². The van der Waals surface area contributed by atoms with Crippen LogP contribution in [0.15, 0.2) is 24.3 Å². The van der Waals surface area contributed by atoms with Gasteiger partial charge in [-0.15, -0.1) is 0 Å². The molecule has 1 aliphatic rings. The van der Waals surface area contributed by atoms with Crippen LogP contribution in [0.3, 0.4) is 0 Å². The van der Waals surface area contributed by atoms with Crippen molar-refractivity contribution in [1.82, 2.24) is 0 Å². The number of hydrogen-bond donors (Lipinski definition) is 1. The molecular weight excluding hydrogens is 308 g/mol. The van der Waals surface area contributed by atoms with E-state index in [2.05, 4.69) is 6.92 Å². The average Bonchev–Trinajstić information content (AvgIpc) is 2.94. The van der Waals surface area contributed by atoms with Gasteiger partial charge in [-0.2, -0.15) is 0 Å². The Balaban J connectivity index is 2.02. The molecule has 5 heteroatoms. The molecule has 24 heavy (non-hydrogen) atoms. The highest BCUT2D eigenvalue weighted by molar-refractivity contribution is 5.60. The Hall–Kier alpha value is -2.56.